The van der Waals surface area contributed by atoms with E-state index in [-0.39, 0.29) is 23.7 Å². The number of hydrogen-bond donors (Lipinski definition) is 1. The monoisotopic (exact) mass is 318 g/mol. The van der Waals surface area contributed by atoms with Gasteiger partial charge in [-0.3, -0.25) is 9.59 Å². The van der Waals surface area contributed by atoms with Crippen LogP contribution in [0.1, 0.15) is 48.9 Å². The van der Waals surface area contributed by atoms with Crippen LogP contribution in [0.5, 0.6) is 0 Å². The standard InChI is InChI=1S/C18H23FN2O2/c19-15-7-5-13(6-8-15)17(22)20-16-9-11-21(12-10-16)18(23)14-3-1-2-4-14/h5-8,14,16H,1-4,9-12H2,(H,20,22). The van der Waals surface area contributed by atoms with Crippen molar-refractivity contribution < 1.29 is 14.0 Å². The summed E-state index contributed by atoms with van der Waals surface area (Å²) in [6.07, 6.45) is 5.96. The van der Waals surface area contributed by atoms with Gasteiger partial charge in [-0.2, -0.15) is 0 Å². The van der Waals surface area contributed by atoms with Crippen molar-refractivity contribution in [1.29, 1.82) is 0 Å². The van der Waals surface area contributed by atoms with E-state index in [4.69, 9.17) is 0 Å². The van der Waals surface area contributed by atoms with Gasteiger partial charge < -0.3 is 10.2 Å². The first kappa shape index (κ1) is 16.0. The number of carbonyl (C=O) groups is 2. The van der Waals surface area contributed by atoms with E-state index in [0.717, 1.165) is 25.7 Å². The molecule has 1 aliphatic carbocycles. The topological polar surface area (TPSA) is 49.4 Å². The molecule has 0 spiro atoms. The lowest BCUT2D eigenvalue weighted by molar-refractivity contribution is -0.136. The lowest BCUT2D eigenvalue weighted by Gasteiger charge is -2.34. The Morgan fingerprint density at radius 2 is 1.61 bits per heavy atom. The van der Waals surface area contributed by atoms with E-state index in [1.807, 2.05) is 4.90 Å². The van der Waals surface area contributed by atoms with E-state index in [1.165, 1.54) is 37.1 Å². The average Bonchev–Trinajstić information content (AvgIpc) is 3.10. The molecule has 2 fully saturated rings. The first-order valence-electron chi connectivity index (χ1n) is 8.49. The number of rotatable bonds is 3. The van der Waals surface area contributed by atoms with Gasteiger partial charge in [0.1, 0.15) is 5.82 Å². The lowest BCUT2D eigenvalue weighted by Crippen LogP contribution is -2.47. The van der Waals surface area contributed by atoms with Gasteiger partial charge in [0, 0.05) is 30.6 Å². The SMILES string of the molecule is O=C(NC1CCN(C(=O)C2CCCC2)CC1)c1ccc(F)cc1. The molecule has 1 aromatic carbocycles. The Kier molecular flexibility index (Phi) is 4.94. The quantitative estimate of drug-likeness (QED) is 0.931. The van der Waals surface area contributed by atoms with Gasteiger partial charge in [-0.1, -0.05) is 12.8 Å². The van der Waals surface area contributed by atoms with Crippen molar-refractivity contribution in [2.45, 2.75) is 44.6 Å². The predicted molar refractivity (Wildman–Crippen MR) is 85.4 cm³/mol. The minimum absolute atomic E-state index is 0.0835. The summed E-state index contributed by atoms with van der Waals surface area (Å²) < 4.78 is 12.9. The summed E-state index contributed by atoms with van der Waals surface area (Å²) in [6, 6.07) is 5.64. The summed E-state index contributed by atoms with van der Waals surface area (Å²) in [7, 11) is 0. The van der Waals surface area contributed by atoms with Gasteiger partial charge in [-0.15, -0.1) is 0 Å². The van der Waals surface area contributed by atoms with Crippen LogP contribution in [-0.4, -0.2) is 35.8 Å². The number of amides is 2. The van der Waals surface area contributed by atoms with Gasteiger partial charge >= 0.3 is 0 Å². The maximum absolute atomic E-state index is 12.9. The number of likely N-dealkylation sites (tertiary alicyclic amines) is 1. The minimum atomic E-state index is -0.347. The van der Waals surface area contributed by atoms with Crippen LogP contribution in [0, 0.1) is 11.7 Å². The highest BCUT2D eigenvalue weighted by molar-refractivity contribution is 5.94. The summed E-state index contributed by atoms with van der Waals surface area (Å²) in [4.78, 5) is 26.5. The van der Waals surface area contributed by atoms with Crippen LogP contribution in [0.3, 0.4) is 0 Å². The molecule has 4 nitrogen and oxygen atoms in total. The Morgan fingerprint density at radius 3 is 2.22 bits per heavy atom. The molecule has 1 aliphatic heterocycles. The molecule has 0 aromatic heterocycles. The normalized spacial score (nSPS) is 19.8. The number of nitrogens with zero attached hydrogens (tertiary/aromatic N) is 1. The number of halogens is 1. The minimum Gasteiger partial charge on any atom is -0.349 e. The third-order valence-corrected chi connectivity index (χ3v) is 4.95. The van der Waals surface area contributed by atoms with Crippen LogP contribution in [0.25, 0.3) is 0 Å². The summed E-state index contributed by atoms with van der Waals surface area (Å²) in [5, 5.41) is 2.98. The summed E-state index contributed by atoms with van der Waals surface area (Å²) >= 11 is 0. The largest absolute Gasteiger partial charge is 0.349 e. The fourth-order valence-corrected chi connectivity index (χ4v) is 3.55. The Morgan fingerprint density at radius 1 is 1.00 bits per heavy atom. The highest BCUT2D eigenvalue weighted by Crippen LogP contribution is 2.27. The van der Waals surface area contributed by atoms with Gasteiger partial charge in [0.15, 0.2) is 0 Å². The average molecular weight is 318 g/mol. The summed E-state index contributed by atoms with van der Waals surface area (Å²) in [5.74, 6) is -0.00276. The van der Waals surface area contributed by atoms with Crippen molar-refractivity contribution in [2.24, 2.45) is 5.92 Å². The molecule has 0 bridgehead atoms. The number of hydrogen-bond acceptors (Lipinski definition) is 2. The maximum atomic E-state index is 12.9. The number of carbonyl (C=O) groups excluding carboxylic acids is 2. The van der Waals surface area contributed by atoms with E-state index in [2.05, 4.69) is 5.32 Å². The zero-order valence-electron chi connectivity index (χ0n) is 13.3. The van der Waals surface area contributed by atoms with Gasteiger partial charge in [-0.25, -0.2) is 4.39 Å². The molecule has 1 saturated heterocycles. The van der Waals surface area contributed by atoms with Gasteiger partial charge in [0.25, 0.3) is 5.91 Å². The molecule has 124 valence electrons. The third kappa shape index (κ3) is 3.89. The first-order valence-corrected chi connectivity index (χ1v) is 8.49. The Labute approximate surface area is 136 Å². The molecule has 1 N–H and O–H groups in total. The van der Waals surface area contributed by atoms with Crippen molar-refractivity contribution in [2.75, 3.05) is 13.1 Å². The van der Waals surface area contributed by atoms with E-state index in [0.29, 0.717) is 24.6 Å². The fourth-order valence-electron chi connectivity index (χ4n) is 3.55. The molecular formula is C18H23FN2O2. The number of nitrogens with one attached hydrogen (secondary N) is 1. The van der Waals surface area contributed by atoms with Crippen LogP contribution in [0.4, 0.5) is 4.39 Å². The van der Waals surface area contributed by atoms with Crippen molar-refractivity contribution >= 4 is 11.8 Å². The van der Waals surface area contributed by atoms with Crippen molar-refractivity contribution in [3.63, 3.8) is 0 Å². The van der Waals surface area contributed by atoms with E-state index in [1.54, 1.807) is 0 Å². The Hall–Kier alpha value is -1.91. The molecule has 2 aliphatic rings. The first-order chi connectivity index (χ1) is 11.1. The Bertz CT molecular complexity index is 559. The predicted octanol–water partition coefficient (Wildman–Crippen LogP) is 2.74. The van der Waals surface area contributed by atoms with E-state index in [9.17, 15) is 14.0 Å². The van der Waals surface area contributed by atoms with Crippen LogP contribution >= 0.6 is 0 Å². The number of piperidine rings is 1. The molecule has 0 unspecified atom stereocenters. The molecule has 0 atom stereocenters. The molecule has 1 saturated carbocycles. The van der Waals surface area contributed by atoms with Crippen LogP contribution in [0.2, 0.25) is 0 Å². The van der Waals surface area contributed by atoms with Crippen molar-refractivity contribution in [1.82, 2.24) is 10.2 Å². The van der Waals surface area contributed by atoms with Crippen LogP contribution < -0.4 is 5.32 Å². The van der Waals surface area contributed by atoms with Crippen LogP contribution in [0.15, 0.2) is 24.3 Å². The van der Waals surface area contributed by atoms with Crippen molar-refractivity contribution in [3.8, 4) is 0 Å². The smallest absolute Gasteiger partial charge is 0.251 e. The zero-order valence-corrected chi connectivity index (χ0v) is 13.3. The molecule has 2 amide bonds. The lowest BCUT2D eigenvalue weighted by atomic mass is 10.0. The molecular weight excluding hydrogens is 295 g/mol. The third-order valence-electron chi connectivity index (χ3n) is 4.95. The van der Waals surface area contributed by atoms with Gasteiger partial charge in [-0.05, 0) is 49.9 Å². The summed E-state index contributed by atoms with van der Waals surface area (Å²) in [5.41, 5.74) is 0.468. The van der Waals surface area contributed by atoms with Gasteiger partial charge in [0.2, 0.25) is 5.91 Å². The second-order valence-electron chi connectivity index (χ2n) is 6.56. The Balaban J connectivity index is 1.48. The second kappa shape index (κ2) is 7.11. The molecule has 1 aromatic rings. The van der Waals surface area contributed by atoms with Crippen LogP contribution in [-0.2, 0) is 4.79 Å². The molecule has 5 heteroatoms. The highest BCUT2D eigenvalue weighted by atomic mass is 19.1. The number of benzene rings is 1. The maximum Gasteiger partial charge on any atom is 0.251 e. The van der Waals surface area contributed by atoms with E-state index < -0.39 is 0 Å². The fraction of sp³-hybridized carbons (Fsp3) is 0.556. The van der Waals surface area contributed by atoms with Gasteiger partial charge in [0.05, 0.1) is 0 Å². The highest BCUT2D eigenvalue weighted by Gasteiger charge is 2.30. The molecule has 1 heterocycles. The molecule has 23 heavy (non-hydrogen) atoms. The van der Waals surface area contributed by atoms with E-state index >= 15 is 0 Å². The zero-order chi connectivity index (χ0) is 16.2. The molecule has 3 rings (SSSR count). The molecule has 0 radical (unpaired) electrons. The van der Waals surface area contributed by atoms with Crippen molar-refractivity contribution in [3.05, 3.63) is 35.6 Å². The summed E-state index contributed by atoms with van der Waals surface area (Å²) in [6.45, 7) is 1.42. The second-order valence-corrected chi connectivity index (χ2v) is 6.56.